The third kappa shape index (κ3) is 3.37. The second kappa shape index (κ2) is 4.77. The van der Waals surface area contributed by atoms with Gasteiger partial charge in [-0.3, -0.25) is 0 Å². The van der Waals surface area contributed by atoms with Gasteiger partial charge in [0.1, 0.15) is 0 Å². The zero-order chi connectivity index (χ0) is 10.8. The number of thiophene rings is 1. The van der Waals surface area contributed by atoms with Crippen molar-refractivity contribution in [2.75, 3.05) is 6.54 Å². The Morgan fingerprint density at radius 1 is 1.50 bits per heavy atom. The first-order chi connectivity index (χ1) is 6.44. The largest absolute Gasteiger partial charge is 0.330 e. The molecule has 80 valence electrons. The van der Waals surface area contributed by atoms with Crippen molar-refractivity contribution in [3.63, 3.8) is 0 Å². The van der Waals surface area contributed by atoms with E-state index in [1.54, 1.807) is 0 Å². The summed E-state index contributed by atoms with van der Waals surface area (Å²) >= 11 is 5.39. The molecule has 0 aliphatic carbocycles. The van der Waals surface area contributed by atoms with Crippen LogP contribution in [0.5, 0.6) is 0 Å². The Morgan fingerprint density at radius 3 is 2.57 bits per heavy atom. The van der Waals surface area contributed by atoms with Crippen molar-refractivity contribution in [1.82, 2.24) is 0 Å². The van der Waals surface area contributed by atoms with Crippen LogP contribution in [0.2, 0.25) is 0 Å². The Bertz CT molecular complexity index is 285. The lowest BCUT2D eigenvalue weighted by Crippen LogP contribution is -2.23. The molecule has 0 bridgehead atoms. The highest BCUT2D eigenvalue weighted by Gasteiger charge is 2.15. The summed E-state index contributed by atoms with van der Waals surface area (Å²) in [5.74, 6) is 0. The molecular weight excluding hydrogens is 258 g/mol. The third-order valence-corrected chi connectivity index (χ3v) is 4.71. The van der Waals surface area contributed by atoms with E-state index < -0.39 is 0 Å². The Kier molecular flexibility index (Phi) is 4.16. The van der Waals surface area contributed by atoms with E-state index in [4.69, 9.17) is 5.73 Å². The number of aryl methyl sites for hydroxylation is 2. The van der Waals surface area contributed by atoms with Crippen LogP contribution in [0.1, 0.15) is 30.7 Å². The standard InChI is InChI=1S/C11H18BrNS/c1-8-6-9(14-10(8)12)4-5-11(2,3)7-13/h6H,4-5,7,13H2,1-3H3. The fourth-order valence-corrected chi connectivity index (χ4v) is 2.84. The second-order valence-electron chi connectivity index (χ2n) is 4.54. The lowest BCUT2D eigenvalue weighted by atomic mass is 9.88. The summed E-state index contributed by atoms with van der Waals surface area (Å²) in [6, 6.07) is 2.27. The van der Waals surface area contributed by atoms with Crippen molar-refractivity contribution in [3.8, 4) is 0 Å². The zero-order valence-electron chi connectivity index (χ0n) is 9.06. The van der Waals surface area contributed by atoms with Gasteiger partial charge in [0.05, 0.1) is 3.79 Å². The maximum Gasteiger partial charge on any atom is 0.0730 e. The molecule has 1 aromatic rings. The maximum atomic E-state index is 5.70. The van der Waals surface area contributed by atoms with E-state index >= 15 is 0 Å². The van der Waals surface area contributed by atoms with Gasteiger partial charge in [-0.15, -0.1) is 11.3 Å². The molecule has 3 heteroatoms. The van der Waals surface area contributed by atoms with Gasteiger partial charge < -0.3 is 5.73 Å². The molecule has 1 rings (SSSR count). The molecule has 0 spiro atoms. The molecule has 14 heavy (non-hydrogen) atoms. The average Bonchev–Trinajstić information content (AvgIpc) is 2.44. The van der Waals surface area contributed by atoms with Crippen molar-refractivity contribution in [2.24, 2.45) is 11.1 Å². The van der Waals surface area contributed by atoms with Crippen LogP contribution in [-0.2, 0) is 6.42 Å². The van der Waals surface area contributed by atoms with Crippen LogP contribution < -0.4 is 5.73 Å². The summed E-state index contributed by atoms with van der Waals surface area (Å²) in [6.07, 6.45) is 2.30. The van der Waals surface area contributed by atoms with E-state index in [1.807, 2.05) is 11.3 Å². The molecule has 0 saturated carbocycles. The van der Waals surface area contributed by atoms with Gasteiger partial charge in [-0.2, -0.15) is 0 Å². The predicted octanol–water partition coefficient (Wildman–Crippen LogP) is 3.74. The minimum Gasteiger partial charge on any atom is -0.330 e. The van der Waals surface area contributed by atoms with Crippen LogP contribution in [0.25, 0.3) is 0 Å². The molecule has 0 fully saturated rings. The predicted molar refractivity (Wildman–Crippen MR) is 67.9 cm³/mol. The smallest absolute Gasteiger partial charge is 0.0730 e. The van der Waals surface area contributed by atoms with Crippen LogP contribution in [0.4, 0.5) is 0 Å². The summed E-state index contributed by atoms with van der Waals surface area (Å²) in [7, 11) is 0. The van der Waals surface area contributed by atoms with E-state index in [0.717, 1.165) is 19.4 Å². The van der Waals surface area contributed by atoms with E-state index in [-0.39, 0.29) is 5.41 Å². The molecule has 1 nitrogen and oxygen atoms in total. The first kappa shape index (κ1) is 12.2. The second-order valence-corrected chi connectivity index (χ2v) is 6.99. The van der Waals surface area contributed by atoms with Crippen molar-refractivity contribution < 1.29 is 0 Å². The Labute approximate surface area is 98.8 Å². The van der Waals surface area contributed by atoms with Gasteiger partial charge in [0, 0.05) is 4.88 Å². The lowest BCUT2D eigenvalue weighted by Gasteiger charge is -2.21. The topological polar surface area (TPSA) is 26.0 Å². The summed E-state index contributed by atoms with van der Waals surface area (Å²) in [5.41, 5.74) is 7.31. The minimum absolute atomic E-state index is 0.268. The summed E-state index contributed by atoms with van der Waals surface area (Å²) in [4.78, 5) is 1.45. The van der Waals surface area contributed by atoms with Crippen LogP contribution in [-0.4, -0.2) is 6.54 Å². The van der Waals surface area contributed by atoms with Gasteiger partial charge in [0.2, 0.25) is 0 Å². The normalized spacial score (nSPS) is 12.1. The Hall–Kier alpha value is 0.140. The van der Waals surface area contributed by atoms with Crippen molar-refractivity contribution in [1.29, 1.82) is 0 Å². The third-order valence-electron chi connectivity index (χ3n) is 2.51. The van der Waals surface area contributed by atoms with E-state index in [1.165, 1.54) is 14.2 Å². The molecule has 2 N–H and O–H groups in total. The zero-order valence-corrected chi connectivity index (χ0v) is 11.5. The van der Waals surface area contributed by atoms with Crippen molar-refractivity contribution in [2.45, 2.75) is 33.6 Å². The van der Waals surface area contributed by atoms with Gasteiger partial charge in [-0.05, 0) is 59.3 Å². The van der Waals surface area contributed by atoms with Crippen LogP contribution in [0, 0.1) is 12.3 Å². The number of rotatable bonds is 4. The van der Waals surface area contributed by atoms with E-state index in [2.05, 4.69) is 42.8 Å². The molecule has 1 aromatic heterocycles. The quantitative estimate of drug-likeness (QED) is 0.890. The lowest BCUT2D eigenvalue weighted by molar-refractivity contribution is 0.349. The number of hydrogen-bond acceptors (Lipinski definition) is 2. The van der Waals surface area contributed by atoms with E-state index in [0.29, 0.717) is 0 Å². The minimum atomic E-state index is 0.268. The summed E-state index contributed by atoms with van der Waals surface area (Å²) in [5, 5.41) is 0. The fourth-order valence-electron chi connectivity index (χ4n) is 1.21. The average molecular weight is 276 g/mol. The van der Waals surface area contributed by atoms with Crippen LogP contribution >= 0.6 is 27.3 Å². The molecule has 0 radical (unpaired) electrons. The van der Waals surface area contributed by atoms with Gasteiger partial charge in [-0.25, -0.2) is 0 Å². The first-order valence-electron chi connectivity index (χ1n) is 4.89. The van der Waals surface area contributed by atoms with Gasteiger partial charge >= 0.3 is 0 Å². The molecule has 0 aliphatic heterocycles. The highest BCUT2D eigenvalue weighted by atomic mass is 79.9. The highest BCUT2D eigenvalue weighted by molar-refractivity contribution is 9.11. The Morgan fingerprint density at radius 2 is 2.14 bits per heavy atom. The monoisotopic (exact) mass is 275 g/mol. The molecular formula is C11H18BrNS. The molecule has 0 aliphatic rings. The molecule has 0 amide bonds. The molecule has 1 heterocycles. The van der Waals surface area contributed by atoms with Crippen LogP contribution in [0.15, 0.2) is 9.85 Å². The molecule has 0 aromatic carbocycles. The number of hydrogen-bond donors (Lipinski definition) is 1. The molecule has 0 atom stereocenters. The highest BCUT2D eigenvalue weighted by Crippen LogP contribution is 2.30. The van der Waals surface area contributed by atoms with Gasteiger partial charge in [0.15, 0.2) is 0 Å². The van der Waals surface area contributed by atoms with Crippen molar-refractivity contribution >= 4 is 27.3 Å². The maximum absolute atomic E-state index is 5.70. The molecule has 0 unspecified atom stereocenters. The van der Waals surface area contributed by atoms with Gasteiger partial charge in [0.25, 0.3) is 0 Å². The summed E-state index contributed by atoms with van der Waals surface area (Å²) < 4.78 is 1.26. The Balaban J connectivity index is 2.54. The number of halogens is 1. The van der Waals surface area contributed by atoms with Gasteiger partial charge in [-0.1, -0.05) is 13.8 Å². The SMILES string of the molecule is Cc1cc(CCC(C)(C)CN)sc1Br. The van der Waals surface area contributed by atoms with E-state index in [9.17, 15) is 0 Å². The summed E-state index contributed by atoms with van der Waals surface area (Å²) in [6.45, 7) is 7.35. The fraction of sp³-hybridized carbons (Fsp3) is 0.636. The number of nitrogens with two attached hydrogens (primary N) is 1. The molecule has 0 saturated heterocycles. The van der Waals surface area contributed by atoms with Crippen LogP contribution in [0.3, 0.4) is 0 Å². The van der Waals surface area contributed by atoms with Crippen molar-refractivity contribution in [3.05, 3.63) is 20.3 Å². The first-order valence-corrected chi connectivity index (χ1v) is 6.50.